The molecule has 0 spiro atoms. The molecule has 1 aromatic rings. The van der Waals surface area contributed by atoms with Gasteiger partial charge in [0.05, 0.1) is 11.9 Å². The Morgan fingerprint density at radius 1 is 1.29 bits per heavy atom. The fraction of sp³-hybridized carbons (Fsp3) is 0.688. The van der Waals surface area contributed by atoms with Crippen molar-refractivity contribution in [1.29, 1.82) is 0 Å². The zero-order valence-corrected chi connectivity index (χ0v) is 14.1. The summed E-state index contributed by atoms with van der Waals surface area (Å²) in [6, 6.07) is 0. The monoisotopic (exact) mass is 293 g/mol. The molecule has 1 rings (SSSR count). The van der Waals surface area contributed by atoms with Gasteiger partial charge < -0.3 is 10.4 Å². The second kappa shape index (κ2) is 6.00. The van der Waals surface area contributed by atoms with Crippen molar-refractivity contribution in [2.75, 3.05) is 5.32 Å². The zero-order chi connectivity index (χ0) is 16.4. The number of hydrogen-bond donors (Lipinski definition) is 2. The Morgan fingerprint density at radius 2 is 1.86 bits per heavy atom. The maximum atomic E-state index is 11.4. The van der Waals surface area contributed by atoms with Gasteiger partial charge in [-0.2, -0.15) is 0 Å². The highest BCUT2D eigenvalue weighted by atomic mass is 16.4. The molecule has 0 fully saturated rings. The molecule has 0 saturated heterocycles. The van der Waals surface area contributed by atoms with Gasteiger partial charge in [0.1, 0.15) is 5.82 Å². The van der Waals surface area contributed by atoms with Gasteiger partial charge in [-0.25, -0.2) is 14.8 Å². The van der Waals surface area contributed by atoms with Gasteiger partial charge in [-0.05, 0) is 25.7 Å². The summed E-state index contributed by atoms with van der Waals surface area (Å²) >= 11 is 0. The normalized spacial score (nSPS) is 12.6. The Kier molecular flexibility index (Phi) is 4.97. The van der Waals surface area contributed by atoms with Crippen LogP contribution in [0.5, 0.6) is 0 Å². The van der Waals surface area contributed by atoms with Crippen LogP contribution in [-0.2, 0) is 0 Å². The Bertz CT molecular complexity index is 517. The molecule has 118 valence electrons. The smallest absolute Gasteiger partial charge is 0.356 e. The van der Waals surface area contributed by atoms with Gasteiger partial charge in [-0.15, -0.1) is 0 Å². The summed E-state index contributed by atoms with van der Waals surface area (Å²) in [5, 5.41) is 12.7. The van der Waals surface area contributed by atoms with E-state index in [-0.39, 0.29) is 22.6 Å². The van der Waals surface area contributed by atoms with Crippen LogP contribution >= 0.6 is 0 Å². The third-order valence-electron chi connectivity index (χ3n) is 2.97. The first-order valence-electron chi connectivity index (χ1n) is 7.30. The van der Waals surface area contributed by atoms with Gasteiger partial charge in [-0.1, -0.05) is 34.6 Å². The first-order valence-corrected chi connectivity index (χ1v) is 7.30. The molecule has 5 nitrogen and oxygen atoms in total. The van der Waals surface area contributed by atoms with E-state index in [0.29, 0.717) is 11.5 Å². The third-order valence-corrected chi connectivity index (χ3v) is 2.97. The first-order chi connectivity index (χ1) is 9.41. The minimum atomic E-state index is -1.03. The second-order valence-corrected chi connectivity index (χ2v) is 7.70. The van der Waals surface area contributed by atoms with Crippen LogP contribution in [0, 0.1) is 5.41 Å². The number of aromatic nitrogens is 2. The topological polar surface area (TPSA) is 75.1 Å². The molecule has 21 heavy (non-hydrogen) atoms. The van der Waals surface area contributed by atoms with Crippen LogP contribution in [0.2, 0.25) is 0 Å². The van der Waals surface area contributed by atoms with E-state index >= 15 is 0 Å². The van der Waals surface area contributed by atoms with Crippen LogP contribution in [0.15, 0.2) is 6.20 Å². The van der Waals surface area contributed by atoms with E-state index in [1.807, 2.05) is 13.8 Å². The SMILES string of the molecule is CC(C)c1ncc(NC(C)(C)CC(C)(C)C)c(C(=O)O)n1. The molecule has 0 aliphatic heterocycles. The molecule has 0 aliphatic rings. The highest BCUT2D eigenvalue weighted by molar-refractivity contribution is 5.91. The molecule has 5 heteroatoms. The number of carboxylic acids is 1. The van der Waals surface area contributed by atoms with E-state index in [1.165, 1.54) is 0 Å². The molecule has 1 aromatic heterocycles. The van der Waals surface area contributed by atoms with Crippen LogP contribution in [0.3, 0.4) is 0 Å². The number of carboxylic acid groups (broad SMARTS) is 1. The molecule has 0 amide bonds. The minimum Gasteiger partial charge on any atom is -0.476 e. The van der Waals surface area contributed by atoms with Crippen LogP contribution in [0.1, 0.15) is 77.1 Å². The van der Waals surface area contributed by atoms with Gasteiger partial charge in [0.25, 0.3) is 0 Å². The Hall–Kier alpha value is -1.65. The highest BCUT2D eigenvalue weighted by Gasteiger charge is 2.27. The molecule has 0 saturated carbocycles. The molecule has 2 N–H and O–H groups in total. The number of anilines is 1. The van der Waals surface area contributed by atoms with E-state index in [0.717, 1.165) is 6.42 Å². The number of hydrogen-bond acceptors (Lipinski definition) is 4. The lowest BCUT2D eigenvalue weighted by molar-refractivity contribution is 0.0691. The van der Waals surface area contributed by atoms with Crippen molar-refractivity contribution in [3.05, 3.63) is 17.7 Å². The number of rotatable bonds is 5. The van der Waals surface area contributed by atoms with E-state index in [2.05, 4.69) is 49.9 Å². The number of nitrogens with zero attached hydrogens (tertiary/aromatic N) is 2. The van der Waals surface area contributed by atoms with Crippen LogP contribution < -0.4 is 5.32 Å². The predicted molar refractivity (Wildman–Crippen MR) is 84.9 cm³/mol. The molecule has 0 aromatic carbocycles. The number of carbonyl (C=O) groups is 1. The molecular weight excluding hydrogens is 266 g/mol. The van der Waals surface area contributed by atoms with Gasteiger partial charge in [0.2, 0.25) is 0 Å². The summed E-state index contributed by atoms with van der Waals surface area (Å²) in [7, 11) is 0. The number of aromatic carboxylic acids is 1. The average Bonchev–Trinajstić information content (AvgIpc) is 2.24. The van der Waals surface area contributed by atoms with E-state index in [4.69, 9.17) is 0 Å². The summed E-state index contributed by atoms with van der Waals surface area (Å²) in [6.45, 7) is 14.5. The van der Waals surface area contributed by atoms with Crippen molar-refractivity contribution in [3.63, 3.8) is 0 Å². The molecule has 0 atom stereocenters. The highest BCUT2D eigenvalue weighted by Crippen LogP contribution is 2.30. The van der Waals surface area contributed by atoms with Crippen molar-refractivity contribution in [3.8, 4) is 0 Å². The van der Waals surface area contributed by atoms with E-state index in [1.54, 1.807) is 6.20 Å². The van der Waals surface area contributed by atoms with Crippen molar-refractivity contribution in [2.45, 2.75) is 66.3 Å². The van der Waals surface area contributed by atoms with Crippen molar-refractivity contribution < 1.29 is 9.90 Å². The zero-order valence-electron chi connectivity index (χ0n) is 14.1. The van der Waals surface area contributed by atoms with Crippen LogP contribution in [0.25, 0.3) is 0 Å². The average molecular weight is 293 g/mol. The van der Waals surface area contributed by atoms with Gasteiger partial charge >= 0.3 is 5.97 Å². The predicted octanol–water partition coefficient (Wildman–Crippen LogP) is 3.92. The fourth-order valence-electron chi connectivity index (χ4n) is 2.66. The first kappa shape index (κ1) is 17.4. The lowest BCUT2D eigenvalue weighted by Gasteiger charge is -2.34. The summed E-state index contributed by atoms with van der Waals surface area (Å²) in [6.07, 6.45) is 2.47. The van der Waals surface area contributed by atoms with Crippen molar-refractivity contribution >= 4 is 11.7 Å². The summed E-state index contributed by atoms with van der Waals surface area (Å²) in [5.41, 5.74) is 0.404. The summed E-state index contributed by atoms with van der Waals surface area (Å²) in [5.74, 6) is -0.389. The lowest BCUT2D eigenvalue weighted by Crippen LogP contribution is -2.36. The van der Waals surface area contributed by atoms with Gasteiger partial charge in [0.15, 0.2) is 5.69 Å². The van der Waals surface area contributed by atoms with E-state index in [9.17, 15) is 9.90 Å². The van der Waals surface area contributed by atoms with Gasteiger partial charge in [0, 0.05) is 11.5 Å². The third kappa shape index (κ3) is 5.33. The lowest BCUT2D eigenvalue weighted by atomic mass is 9.81. The summed E-state index contributed by atoms with van der Waals surface area (Å²) < 4.78 is 0. The maximum Gasteiger partial charge on any atom is 0.356 e. The molecule has 0 radical (unpaired) electrons. The second-order valence-electron chi connectivity index (χ2n) is 7.70. The molecule has 0 unspecified atom stereocenters. The fourth-order valence-corrected chi connectivity index (χ4v) is 2.66. The largest absolute Gasteiger partial charge is 0.476 e. The van der Waals surface area contributed by atoms with E-state index < -0.39 is 5.97 Å². The van der Waals surface area contributed by atoms with Crippen molar-refractivity contribution in [1.82, 2.24) is 9.97 Å². The number of nitrogens with one attached hydrogen (secondary N) is 1. The molecule has 0 bridgehead atoms. The standard InChI is InChI=1S/C16H27N3O2/c1-10(2)13-17-8-11(12(18-13)14(20)21)19-16(6,7)9-15(3,4)5/h8,10,19H,9H2,1-7H3,(H,20,21). The van der Waals surface area contributed by atoms with Crippen molar-refractivity contribution in [2.24, 2.45) is 5.41 Å². The van der Waals surface area contributed by atoms with Gasteiger partial charge in [-0.3, -0.25) is 0 Å². The molecule has 0 aliphatic carbocycles. The minimum absolute atomic E-state index is 0.0377. The summed E-state index contributed by atoms with van der Waals surface area (Å²) in [4.78, 5) is 19.9. The Morgan fingerprint density at radius 3 is 2.29 bits per heavy atom. The molecule has 1 heterocycles. The van der Waals surface area contributed by atoms with Crippen LogP contribution in [0.4, 0.5) is 5.69 Å². The molecular formula is C16H27N3O2. The Labute approximate surface area is 127 Å². The van der Waals surface area contributed by atoms with Crippen LogP contribution in [-0.4, -0.2) is 26.6 Å². The Balaban J connectivity index is 3.10. The quantitative estimate of drug-likeness (QED) is 0.860. The maximum absolute atomic E-state index is 11.4.